The van der Waals surface area contributed by atoms with Crippen molar-refractivity contribution in [2.75, 3.05) is 19.8 Å². The van der Waals surface area contributed by atoms with Crippen LogP contribution in [0.4, 0.5) is 0 Å². The maximum atomic E-state index is 7.70. The highest BCUT2D eigenvalue weighted by Gasteiger charge is 2.62. The van der Waals surface area contributed by atoms with Crippen LogP contribution in [0.3, 0.4) is 0 Å². The van der Waals surface area contributed by atoms with Gasteiger partial charge in [0.2, 0.25) is 5.79 Å². The summed E-state index contributed by atoms with van der Waals surface area (Å²) in [6.07, 6.45) is -6.80. The molecule has 8 aromatic rings. The van der Waals surface area contributed by atoms with E-state index in [-0.39, 0.29) is 59.5 Å². The molecule has 0 aromatic heterocycles. The van der Waals surface area contributed by atoms with Gasteiger partial charge in [-0.15, -0.1) is 0 Å². The lowest BCUT2D eigenvalue weighted by Gasteiger charge is -2.48. The molecule has 8 aromatic carbocycles. The van der Waals surface area contributed by atoms with Crippen LogP contribution < -0.4 is 0 Å². The Morgan fingerprint density at radius 2 is 0.595 bits per heavy atom. The van der Waals surface area contributed by atoms with E-state index in [0.717, 1.165) is 44.5 Å². The molecule has 2 saturated heterocycles. The van der Waals surface area contributed by atoms with Gasteiger partial charge in [-0.3, -0.25) is 0 Å². The molecule has 79 heavy (non-hydrogen) atoms. The molecule has 0 aliphatic carbocycles. The summed E-state index contributed by atoms with van der Waals surface area (Å²) in [6, 6.07) is 80.5. The monoisotopic (exact) mass is 1060 g/mol. The van der Waals surface area contributed by atoms with Crippen molar-refractivity contribution in [3.8, 4) is 0 Å². The second-order valence-corrected chi connectivity index (χ2v) is 19.9. The fourth-order valence-corrected chi connectivity index (χ4v) is 9.94. The van der Waals surface area contributed by atoms with Crippen molar-refractivity contribution in [3.63, 3.8) is 0 Å². The Morgan fingerprint density at radius 3 is 0.987 bits per heavy atom. The molecule has 10 rings (SSSR count). The predicted molar refractivity (Wildman–Crippen MR) is 301 cm³/mol. The Bertz CT molecular complexity index is 2910. The molecule has 408 valence electrons. The Hall–Kier alpha value is -6.68. The second kappa shape index (κ2) is 29.5. The van der Waals surface area contributed by atoms with Crippen LogP contribution in [-0.2, 0) is 105 Å². The highest BCUT2D eigenvalue weighted by Crippen LogP contribution is 2.42. The van der Waals surface area contributed by atoms with Gasteiger partial charge in [0.15, 0.2) is 6.29 Å². The molecule has 2 heterocycles. The zero-order chi connectivity index (χ0) is 53.6. The van der Waals surface area contributed by atoms with Gasteiger partial charge in [-0.1, -0.05) is 243 Å². The van der Waals surface area contributed by atoms with E-state index in [2.05, 4.69) is 0 Å². The van der Waals surface area contributed by atoms with Crippen molar-refractivity contribution < 1.29 is 52.1 Å². The highest BCUT2D eigenvalue weighted by atomic mass is 16.8. The topological polar surface area (TPSA) is 102 Å². The van der Waals surface area contributed by atoms with E-state index in [0.29, 0.717) is 13.2 Å². The molecule has 0 saturated carbocycles. The van der Waals surface area contributed by atoms with Gasteiger partial charge in [0.1, 0.15) is 49.3 Å². The Morgan fingerprint density at radius 1 is 0.291 bits per heavy atom. The molecule has 2 aliphatic heterocycles. The Kier molecular flexibility index (Phi) is 20.8. The van der Waals surface area contributed by atoms with Crippen LogP contribution in [0.2, 0.25) is 0 Å². The summed E-state index contributed by atoms with van der Waals surface area (Å²) in [4.78, 5) is 0. The summed E-state index contributed by atoms with van der Waals surface area (Å²) in [7, 11) is 0. The van der Waals surface area contributed by atoms with Crippen molar-refractivity contribution in [3.05, 3.63) is 287 Å². The van der Waals surface area contributed by atoms with Gasteiger partial charge < -0.3 is 52.1 Å². The lowest BCUT2D eigenvalue weighted by atomic mass is 9.97. The smallest absolute Gasteiger partial charge is 0.224 e. The van der Waals surface area contributed by atoms with Crippen LogP contribution in [0.5, 0.6) is 0 Å². The number of hydrogen-bond donors (Lipinski definition) is 0. The summed E-state index contributed by atoms with van der Waals surface area (Å²) >= 11 is 0. The molecule has 0 N–H and O–H groups in total. The van der Waals surface area contributed by atoms with E-state index in [9.17, 15) is 0 Å². The van der Waals surface area contributed by atoms with E-state index in [1.165, 1.54) is 0 Å². The summed E-state index contributed by atoms with van der Waals surface area (Å²) in [5, 5.41) is 0. The third-order valence-electron chi connectivity index (χ3n) is 14.0. The van der Waals surface area contributed by atoms with E-state index in [4.69, 9.17) is 52.1 Å². The molecular formula is C68H70O11. The first-order chi connectivity index (χ1) is 39.1. The SMILES string of the molecule is c1ccc(COC[C@@H]2O[C@@H](O[C@@]3(COCc4ccccc4)O[C@@H](COCc4ccccc4)[C@H](OCc4ccccc4)[C@H]3OCc3ccccc3)[C@@H](OCc3ccccc3)[C@H](OCc3ccccc3)[C@H]2OCc2ccccc2)cc1. The molecule has 0 spiro atoms. The van der Waals surface area contributed by atoms with Crippen molar-refractivity contribution in [1.29, 1.82) is 0 Å². The van der Waals surface area contributed by atoms with Gasteiger partial charge >= 0.3 is 0 Å². The maximum absolute atomic E-state index is 7.70. The molecule has 2 aliphatic rings. The van der Waals surface area contributed by atoms with Crippen molar-refractivity contribution in [2.24, 2.45) is 0 Å². The molecule has 11 nitrogen and oxygen atoms in total. The average Bonchev–Trinajstić information content (AvgIpc) is 4.04. The van der Waals surface area contributed by atoms with Gasteiger partial charge in [-0.2, -0.15) is 0 Å². The van der Waals surface area contributed by atoms with Gasteiger partial charge in [-0.25, -0.2) is 0 Å². The van der Waals surface area contributed by atoms with E-state index in [1.807, 2.05) is 243 Å². The summed E-state index contributed by atoms with van der Waals surface area (Å²) in [6.45, 7) is 2.26. The number of hydrogen-bond acceptors (Lipinski definition) is 11. The quantitative estimate of drug-likeness (QED) is 0.0448. The standard InChI is InChI=1S/C68H70O11/c1-9-25-52(26-10-1)41-69-49-60-62(72-44-55-31-15-4-16-32-55)64(74-46-57-35-19-6-20-36-57)65(75-47-58-37-21-7-22-38-58)67(77-60)79-68(51-71-43-54-29-13-3-14-30-54)66(76-48-59-39-23-8-24-40-59)63(73-45-56-33-17-5-18-34-56)61(78-68)50-70-42-53-27-11-2-12-28-53/h1-40,60-67H,41-51H2/t60-,61-,62-,63-,64+,65-,66+,67-,68+/m0/s1. The minimum atomic E-state index is -1.72. The maximum Gasteiger partial charge on any atom is 0.224 e. The van der Waals surface area contributed by atoms with Crippen LogP contribution in [-0.4, -0.2) is 74.6 Å². The molecule has 11 heteroatoms. The first kappa shape index (κ1) is 55.6. The van der Waals surface area contributed by atoms with Crippen LogP contribution >= 0.6 is 0 Å². The van der Waals surface area contributed by atoms with Gasteiger partial charge in [0.05, 0.1) is 66.1 Å². The minimum absolute atomic E-state index is 0.106. The third-order valence-corrected chi connectivity index (χ3v) is 14.0. The third kappa shape index (κ3) is 16.2. The zero-order valence-electron chi connectivity index (χ0n) is 44.5. The Labute approximate surface area is 464 Å². The van der Waals surface area contributed by atoms with Crippen LogP contribution in [0.15, 0.2) is 243 Å². The molecular weight excluding hydrogens is 993 g/mol. The first-order valence-electron chi connectivity index (χ1n) is 27.3. The van der Waals surface area contributed by atoms with Crippen molar-refractivity contribution >= 4 is 0 Å². The largest absolute Gasteiger partial charge is 0.374 e. The average molecular weight is 1060 g/mol. The number of benzene rings is 8. The van der Waals surface area contributed by atoms with Gasteiger partial charge in [0, 0.05) is 0 Å². The van der Waals surface area contributed by atoms with Gasteiger partial charge in [0.25, 0.3) is 0 Å². The minimum Gasteiger partial charge on any atom is -0.374 e. The molecule has 0 unspecified atom stereocenters. The van der Waals surface area contributed by atoms with E-state index < -0.39 is 54.8 Å². The summed E-state index contributed by atoms with van der Waals surface area (Å²) in [5.74, 6) is -1.72. The Balaban J connectivity index is 1.07. The number of rotatable bonds is 29. The fourth-order valence-electron chi connectivity index (χ4n) is 9.94. The van der Waals surface area contributed by atoms with E-state index >= 15 is 0 Å². The summed E-state index contributed by atoms with van der Waals surface area (Å²) < 4.78 is 78.1. The first-order valence-corrected chi connectivity index (χ1v) is 27.3. The van der Waals surface area contributed by atoms with Gasteiger partial charge in [-0.05, 0) is 44.5 Å². The lowest BCUT2D eigenvalue weighted by molar-refractivity contribution is -0.398. The lowest BCUT2D eigenvalue weighted by Crippen LogP contribution is -2.64. The second-order valence-electron chi connectivity index (χ2n) is 19.9. The molecule has 2 fully saturated rings. The normalized spacial score (nSPS) is 22.9. The molecule has 9 atom stereocenters. The predicted octanol–water partition coefficient (Wildman–Crippen LogP) is 12.4. The van der Waals surface area contributed by atoms with Crippen molar-refractivity contribution in [2.45, 2.75) is 108 Å². The fraction of sp³-hybridized carbons (Fsp3) is 0.294. The molecule has 0 radical (unpaired) electrons. The highest BCUT2D eigenvalue weighted by molar-refractivity contribution is 5.20. The van der Waals surface area contributed by atoms with E-state index in [1.54, 1.807) is 0 Å². The molecule has 0 bridgehead atoms. The van der Waals surface area contributed by atoms with Crippen molar-refractivity contribution in [1.82, 2.24) is 0 Å². The van der Waals surface area contributed by atoms with Crippen LogP contribution in [0, 0.1) is 0 Å². The number of ether oxygens (including phenoxy) is 11. The molecule has 0 amide bonds. The van der Waals surface area contributed by atoms with Crippen LogP contribution in [0.25, 0.3) is 0 Å². The zero-order valence-corrected chi connectivity index (χ0v) is 44.5. The van der Waals surface area contributed by atoms with Crippen LogP contribution in [0.1, 0.15) is 44.5 Å². The summed E-state index contributed by atoms with van der Waals surface area (Å²) in [5.41, 5.74) is 7.86.